The number of aryl methyl sites for hydroxylation is 1. The Morgan fingerprint density at radius 1 is 0.906 bits per heavy atom. The molecular weight excluding hydrogens is 520 g/mol. The summed E-state index contributed by atoms with van der Waals surface area (Å²) in [5.41, 5.74) is 1.45. The summed E-state index contributed by atoms with van der Waals surface area (Å²) in [7, 11) is -6.37. The van der Waals surface area contributed by atoms with Crippen molar-refractivity contribution < 1.29 is 25.8 Å². The molecule has 3 rings (SSSR count). The van der Waals surface area contributed by atoms with Crippen molar-refractivity contribution in [3.8, 4) is 11.5 Å². The van der Waals surface area contributed by atoms with E-state index in [1.165, 1.54) is 61.9 Å². The first-order chi connectivity index (χ1) is 15.1. The highest BCUT2D eigenvalue weighted by atomic mass is 79.9. The van der Waals surface area contributed by atoms with Crippen LogP contribution in [0.3, 0.4) is 0 Å². The summed E-state index contributed by atoms with van der Waals surface area (Å²) in [5.74, 6) is 0.588. The van der Waals surface area contributed by atoms with Gasteiger partial charge in [-0.15, -0.1) is 0 Å². The molecule has 32 heavy (non-hydrogen) atoms. The maximum Gasteiger partial charge on any atom is 0.339 e. The monoisotopic (exact) mass is 538 g/mol. The lowest BCUT2D eigenvalue weighted by Gasteiger charge is -2.09. The minimum Gasteiger partial charge on any atom is -0.497 e. The van der Waals surface area contributed by atoms with E-state index in [-0.39, 0.29) is 15.5 Å². The second kappa shape index (κ2) is 9.72. The molecular formula is C21H19BrN2O6S2. The molecule has 3 aromatic rings. The van der Waals surface area contributed by atoms with Crippen LogP contribution in [0.4, 0.5) is 0 Å². The Morgan fingerprint density at radius 2 is 1.53 bits per heavy atom. The van der Waals surface area contributed by atoms with E-state index in [1.807, 2.05) is 6.92 Å². The molecule has 0 amide bonds. The van der Waals surface area contributed by atoms with Gasteiger partial charge in [0.1, 0.15) is 10.6 Å². The summed E-state index contributed by atoms with van der Waals surface area (Å²) in [6.45, 7) is 1.86. The van der Waals surface area contributed by atoms with Crippen molar-refractivity contribution >= 4 is 42.3 Å². The molecule has 0 aliphatic rings. The fraction of sp³-hybridized carbons (Fsp3) is 0.0952. The topological polar surface area (TPSA) is 111 Å². The summed E-state index contributed by atoms with van der Waals surface area (Å²) in [5, 5.41) is 3.77. The second-order valence-corrected chi connectivity index (χ2v) is 10.6. The first-order valence-corrected chi connectivity index (χ1v) is 12.8. The lowest BCUT2D eigenvalue weighted by Crippen LogP contribution is -2.18. The first kappa shape index (κ1) is 23.8. The standard InChI is InChI=1S/C21H19BrN2O6S2/c1-15-3-8-18(9-4-15)31(25,26)24-23-14-16-5-12-21(20(22)13-16)30-32(27,28)19-10-6-17(29-2)7-11-19/h3-14,24H,1-2H3/b23-14-. The van der Waals surface area contributed by atoms with Crippen molar-refractivity contribution in [2.45, 2.75) is 16.7 Å². The number of benzene rings is 3. The van der Waals surface area contributed by atoms with Crippen LogP contribution in [0, 0.1) is 6.92 Å². The smallest absolute Gasteiger partial charge is 0.339 e. The second-order valence-electron chi connectivity index (χ2n) is 6.57. The Labute approximate surface area is 195 Å². The number of hydrazone groups is 1. The van der Waals surface area contributed by atoms with E-state index in [4.69, 9.17) is 8.92 Å². The van der Waals surface area contributed by atoms with Crippen LogP contribution in [-0.2, 0) is 20.1 Å². The van der Waals surface area contributed by atoms with Crippen molar-refractivity contribution in [3.63, 3.8) is 0 Å². The SMILES string of the molecule is COc1ccc(S(=O)(=O)Oc2ccc(/C=N\NS(=O)(=O)c3ccc(C)cc3)cc2Br)cc1. The van der Waals surface area contributed by atoms with Gasteiger partial charge in [0, 0.05) is 0 Å². The zero-order chi connectivity index (χ0) is 23.4. The lowest BCUT2D eigenvalue weighted by atomic mass is 10.2. The molecule has 168 valence electrons. The highest BCUT2D eigenvalue weighted by molar-refractivity contribution is 9.10. The van der Waals surface area contributed by atoms with E-state index in [1.54, 1.807) is 18.2 Å². The van der Waals surface area contributed by atoms with Crippen LogP contribution in [-0.4, -0.2) is 30.2 Å². The molecule has 0 spiro atoms. The van der Waals surface area contributed by atoms with Crippen LogP contribution in [0.1, 0.15) is 11.1 Å². The van der Waals surface area contributed by atoms with Gasteiger partial charge in [-0.1, -0.05) is 17.7 Å². The van der Waals surface area contributed by atoms with Crippen molar-refractivity contribution in [2.24, 2.45) is 5.10 Å². The molecule has 0 unspecified atom stereocenters. The Hall–Kier alpha value is -2.89. The Kier molecular flexibility index (Phi) is 7.22. The van der Waals surface area contributed by atoms with Crippen LogP contribution in [0.25, 0.3) is 0 Å². The molecule has 0 aliphatic heterocycles. The Balaban J connectivity index is 1.71. The molecule has 3 aromatic carbocycles. The van der Waals surface area contributed by atoms with E-state index in [9.17, 15) is 16.8 Å². The molecule has 0 fully saturated rings. The summed E-state index contributed by atoms with van der Waals surface area (Å²) >= 11 is 3.26. The van der Waals surface area contributed by atoms with Crippen molar-refractivity contribution in [2.75, 3.05) is 7.11 Å². The lowest BCUT2D eigenvalue weighted by molar-refractivity contribution is 0.414. The third-order valence-electron chi connectivity index (χ3n) is 4.22. The van der Waals surface area contributed by atoms with Gasteiger partial charge in [0.05, 0.1) is 22.7 Å². The molecule has 0 saturated carbocycles. The van der Waals surface area contributed by atoms with Gasteiger partial charge in [0.15, 0.2) is 5.75 Å². The molecule has 1 N–H and O–H groups in total. The number of nitrogens with zero attached hydrogens (tertiary/aromatic N) is 1. The zero-order valence-corrected chi connectivity index (χ0v) is 20.2. The summed E-state index contributed by atoms with van der Waals surface area (Å²) in [6.07, 6.45) is 1.29. The van der Waals surface area contributed by atoms with Crippen molar-refractivity contribution in [1.82, 2.24) is 4.83 Å². The fourth-order valence-electron chi connectivity index (χ4n) is 2.51. The Morgan fingerprint density at radius 3 is 2.12 bits per heavy atom. The van der Waals surface area contributed by atoms with E-state index in [0.29, 0.717) is 15.8 Å². The van der Waals surface area contributed by atoms with Gasteiger partial charge in [0.2, 0.25) is 0 Å². The molecule has 0 aromatic heterocycles. The minimum absolute atomic E-state index is 0.0265. The van der Waals surface area contributed by atoms with E-state index in [0.717, 1.165) is 5.56 Å². The van der Waals surface area contributed by atoms with Crippen molar-refractivity contribution in [3.05, 3.63) is 82.3 Å². The van der Waals surface area contributed by atoms with Gasteiger partial charge >= 0.3 is 10.1 Å². The number of ether oxygens (including phenoxy) is 1. The summed E-state index contributed by atoms with van der Waals surface area (Å²) in [6, 6.07) is 16.6. The molecule has 0 heterocycles. The number of sulfonamides is 1. The number of hydrogen-bond acceptors (Lipinski definition) is 7. The number of halogens is 1. The van der Waals surface area contributed by atoms with Crippen LogP contribution in [0.2, 0.25) is 0 Å². The largest absolute Gasteiger partial charge is 0.497 e. The normalized spacial score (nSPS) is 12.0. The molecule has 0 saturated heterocycles. The maximum atomic E-state index is 12.5. The van der Waals surface area contributed by atoms with Crippen LogP contribution < -0.4 is 13.8 Å². The van der Waals surface area contributed by atoms with E-state index >= 15 is 0 Å². The van der Waals surface area contributed by atoms with E-state index in [2.05, 4.69) is 25.9 Å². The average molecular weight is 539 g/mol. The molecule has 0 aliphatic carbocycles. The number of rotatable bonds is 8. The Bertz CT molecular complexity index is 1340. The highest BCUT2D eigenvalue weighted by Crippen LogP contribution is 2.29. The number of hydrogen-bond donors (Lipinski definition) is 1. The van der Waals surface area contributed by atoms with Gasteiger partial charge in [-0.05, 0) is 83.0 Å². The zero-order valence-electron chi connectivity index (χ0n) is 17.0. The van der Waals surface area contributed by atoms with Crippen LogP contribution in [0.15, 0.2) is 86.1 Å². The predicted molar refractivity (Wildman–Crippen MR) is 124 cm³/mol. The van der Waals surface area contributed by atoms with Gasteiger partial charge in [-0.3, -0.25) is 0 Å². The van der Waals surface area contributed by atoms with Gasteiger partial charge < -0.3 is 8.92 Å². The van der Waals surface area contributed by atoms with Gasteiger partial charge in [-0.2, -0.15) is 21.9 Å². The van der Waals surface area contributed by atoms with Gasteiger partial charge in [0.25, 0.3) is 10.0 Å². The quantitative estimate of drug-likeness (QED) is 0.265. The minimum atomic E-state index is -4.05. The molecule has 0 radical (unpaired) electrons. The molecule has 0 atom stereocenters. The van der Waals surface area contributed by atoms with Crippen LogP contribution in [0.5, 0.6) is 11.5 Å². The maximum absolute atomic E-state index is 12.5. The molecule has 0 bridgehead atoms. The third-order valence-corrected chi connectivity index (χ3v) is 7.33. The van der Waals surface area contributed by atoms with Crippen LogP contribution >= 0.6 is 15.9 Å². The number of methoxy groups -OCH3 is 1. The van der Waals surface area contributed by atoms with E-state index < -0.39 is 20.1 Å². The molecule has 8 nitrogen and oxygen atoms in total. The highest BCUT2D eigenvalue weighted by Gasteiger charge is 2.18. The first-order valence-electron chi connectivity index (χ1n) is 9.10. The summed E-state index contributed by atoms with van der Waals surface area (Å²) < 4.78 is 60.1. The fourth-order valence-corrected chi connectivity index (χ4v) is 4.84. The van der Waals surface area contributed by atoms with Crippen molar-refractivity contribution in [1.29, 1.82) is 0 Å². The summed E-state index contributed by atoms with van der Waals surface area (Å²) in [4.78, 5) is 2.20. The van der Waals surface area contributed by atoms with Gasteiger partial charge in [-0.25, -0.2) is 4.83 Å². The average Bonchev–Trinajstić information content (AvgIpc) is 2.76. The number of nitrogens with one attached hydrogen (secondary N) is 1. The predicted octanol–water partition coefficient (Wildman–Crippen LogP) is 3.85. The third kappa shape index (κ3) is 5.87. The molecule has 11 heteroatoms.